The third kappa shape index (κ3) is 4.92. The second-order valence-electron chi connectivity index (χ2n) is 12.1. The van der Waals surface area contributed by atoms with Crippen LogP contribution in [0.2, 0.25) is 0 Å². The molecule has 0 aliphatic carbocycles. The minimum absolute atomic E-state index is 0.153. The Kier molecular flexibility index (Phi) is 8.00. The molecule has 2 heterocycles. The smallest absolute Gasteiger partial charge is 0.210 e. The summed E-state index contributed by atoms with van der Waals surface area (Å²) in [4.78, 5) is 2.28. The topological polar surface area (TPSA) is 30.0 Å². The predicted molar refractivity (Wildman–Crippen MR) is 185 cm³/mol. The van der Waals surface area contributed by atoms with Crippen LogP contribution in [0.1, 0.15) is 52.7 Å². The molecule has 0 atom stereocenters. The summed E-state index contributed by atoms with van der Waals surface area (Å²) in [5, 5.41) is 15.0. The van der Waals surface area contributed by atoms with E-state index in [1.807, 2.05) is 38.2 Å². The van der Waals surface area contributed by atoms with Crippen molar-refractivity contribution in [2.75, 3.05) is 19.0 Å². The number of nitriles is 1. The van der Waals surface area contributed by atoms with Gasteiger partial charge in [0.25, 0.3) is 0 Å². The first kappa shape index (κ1) is 29.8. The van der Waals surface area contributed by atoms with Gasteiger partial charge in [-0.2, -0.15) is 9.84 Å². The van der Waals surface area contributed by atoms with Crippen LogP contribution in [0.25, 0.3) is 21.5 Å². The summed E-state index contributed by atoms with van der Waals surface area (Å²) in [7, 11) is 4.26. The molecule has 0 saturated heterocycles. The molecule has 0 fully saturated rings. The minimum Gasteiger partial charge on any atom is -0.347 e. The molecule has 3 nitrogen and oxygen atoms in total. The number of anilines is 1. The zero-order chi connectivity index (χ0) is 30.9. The summed E-state index contributed by atoms with van der Waals surface area (Å²) < 4.78 is 2.28. The van der Waals surface area contributed by atoms with Crippen molar-refractivity contribution < 1.29 is 4.58 Å². The second kappa shape index (κ2) is 11.5. The highest BCUT2D eigenvalue weighted by atomic mass is 15.2. The van der Waals surface area contributed by atoms with Gasteiger partial charge in [-0.1, -0.05) is 94.4 Å². The number of allylic oxidation sites excluding steroid dienone is 8. The third-order valence-electron chi connectivity index (χ3n) is 8.98. The van der Waals surface area contributed by atoms with Crippen LogP contribution in [0.5, 0.6) is 0 Å². The lowest BCUT2D eigenvalue weighted by Crippen LogP contribution is -2.26. The van der Waals surface area contributed by atoms with Gasteiger partial charge in [-0.25, -0.2) is 0 Å². The largest absolute Gasteiger partial charge is 0.347 e. The molecule has 0 unspecified atom stereocenters. The number of hydrogen-bond acceptors (Lipinski definition) is 2. The number of fused-ring (bicyclic) bond motifs is 6. The fraction of sp³-hybridized carbons (Fsp3) is 0.250. The maximum absolute atomic E-state index is 9.89. The molecule has 0 N–H and O–H groups in total. The Hall–Kier alpha value is -4.68. The summed E-state index contributed by atoms with van der Waals surface area (Å²) in [6.45, 7) is 13.1. The molecule has 0 spiro atoms. The molecule has 6 rings (SSSR count). The standard InChI is InChI=1S/C38H36N3.C2H6/c1-37(2)33(40(5)31-23-21-27-15-7-9-17-29(27)35(31)37)19-11-13-26(25-39)14-12-20-34-38(3,4)36-30-18-10-8-16-28(30)22-24-32(36)41(34)6;1-2/h7-24H,1-6H3;1-2H3/q+1;. The van der Waals surface area contributed by atoms with Crippen molar-refractivity contribution in [2.24, 2.45) is 0 Å². The van der Waals surface area contributed by atoms with Gasteiger partial charge in [0.2, 0.25) is 5.69 Å². The van der Waals surface area contributed by atoms with E-state index < -0.39 is 0 Å². The molecule has 4 aromatic rings. The van der Waals surface area contributed by atoms with Crippen molar-refractivity contribution in [1.29, 1.82) is 5.26 Å². The number of rotatable bonds is 4. The molecule has 0 radical (unpaired) electrons. The van der Waals surface area contributed by atoms with E-state index >= 15 is 0 Å². The van der Waals surface area contributed by atoms with Gasteiger partial charge >= 0.3 is 0 Å². The van der Waals surface area contributed by atoms with Crippen molar-refractivity contribution in [2.45, 2.75) is 52.4 Å². The van der Waals surface area contributed by atoms with Crippen LogP contribution in [-0.2, 0) is 10.8 Å². The molecule has 2 aliphatic rings. The molecule has 43 heavy (non-hydrogen) atoms. The van der Waals surface area contributed by atoms with Crippen LogP contribution in [0, 0.1) is 11.3 Å². The third-order valence-corrected chi connectivity index (χ3v) is 8.98. The summed E-state index contributed by atoms with van der Waals surface area (Å²) in [6.07, 6.45) is 12.1. The van der Waals surface area contributed by atoms with Crippen molar-refractivity contribution in [1.82, 2.24) is 0 Å². The van der Waals surface area contributed by atoms with E-state index in [4.69, 9.17) is 0 Å². The Morgan fingerprint density at radius 1 is 0.791 bits per heavy atom. The lowest BCUT2D eigenvalue weighted by atomic mass is 9.79. The van der Waals surface area contributed by atoms with Crippen molar-refractivity contribution in [3.8, 4) is 6.07 Å². The fourth-order valence-electron chi connectivity index (χ4n) is 7.00. The number of hydrogen-bond donors (Lipinski definition) is 0. The Balaban J connectivity index is 0.00000180. The van der Waals surface area contributed by atoms with Gasteiger partial charge in [0.1, 0.15) is 7.05 Å². The molecule has 0 amide bonds. The molecule has 4 aromatic carbocycles. The van der Waals surface area contributed by atoms with Crippen LogP contribution in [0.3, 0.4) is 0 Å². The quantitative estimate of drug-likeness (QED) is 0.140. The lowest BCUT2D eigenvalue weighted by molar-refractivity contribution is -0.401. The molecule has 3 heteroatoms. The summed E-state index contributed by atoms with van der Waals surface area (Å²) in [5.74, 6) is 0. The first-order valence-corrected chi connectivity index (χ1v) is 15.2. The van der Waals surface area contributed by atoms with Gasteiger partial charge < -0.3 is 4.90 Å². The highest BCUT2D eigenvalue weighted by Crippen LogP contribution is 2.50. The molecular formula is C40H42N3+. The predicted octanol–water partition coefficient (Wildman–Crippen LogP) is 9.90. The summed E-state index contributed by atoms with van der Waals surface area (Å²) in [5.41, 5.74) is 7.91. The average Bonchev–Trinajstić information content (AvgIpc) is 3.34. The average molecular weight is 565 g/mol. The molecule has 0 bridgehead atoms. The summed E-state index contributed by atoms with van der Waals surface area (Å²) in [6, 6.07) is 28.4. The van der Waals surface area contributed by atoms with E-state index in [2.05, 4.69) is 142 Å². The van der Waals surface area contributed by atoms with Crippen molar-refractivity contribution in [3.05, 3.63) is 132 Å². The molecule has 216 valence electrons. The van der Waals surface area contributed by atoms with Gasteiger partial charge in [0.05, 0.1) is 17.1 Å². The molecular weight excluding hydrogens is 522 g/mol. The molecule has 2 aliphatic heterocycles. The first-order chi connectivity index (χ1) is 20.7. The number of benzene rings is 4. The van der Waals surface area contributed by atoms with Gasteiger partial charge in [0.15, 0.2) is 5.71 Å². The van der Waals surface area contributed by atoms with E-state index in [1.165, 1.54) is 55.5 Å². The first-order valence-electron chi connectivity index (χ1n) is 15.2. The van der Waals surface area contributed by atoms with Crippen molar-refractivity contribution in [3.63, 3.8) is 0 Å². The second-order valence-corrected chi connectivity index (χ2v) is 12.1. The van der Waals surface area contributed by atoms with Gasteiger partial charge in [-0.05, 0) is 71.3 Å². The van der Waals surface area contributed by atoms with E-state index in [-0.39, 0.29) is 10.8 Å². The minimum atomic E-state index is -0.153. The van der Waals surface area contributed by atoms with E-state index in [0.717, 1.165) is 0 Å². The van der Waals surface area contributed by atoms with Crippen LogP contribution in [0.15, 0.2) is 121 Å². The van der Waals surface area contributed by atoms with E-state index in [0.29, 0.717) is 5.57 Å². The Morgan fingerprint density at radius 3 is 2.05 bits per heavy atom. The molecule has 0 aromatic heterocycles. The molecule has 0 saturated carbocycles. The Morgan fingerprint density at radius 2 is 1.40 bits per heavy atom. The lowest BCUT2D eigenvalue weighted by Gasteiger charge is -2.24. The Bertz CT molecular complexity index is 1920. The van der Waals surface area contributed by atoms with Gasteiger partial charge in [-0.15, -0.1) is 0 Å². The number of likely N-dealkylation sites (N-methyl/N-ethyl adjacent to an activating group) is 1. The van der Waals surface area contributed by atoms with Crippen LogP contribution in [0.4, 0.5) is 11.4 Å². The van der Waals surface area contributed by atoms with Crippen molar-refractivity contribution >= 4 is 38.6 Å². The van der Waals surface area contributed by atoms with E-state index in [1.54, 1.807) is 0 Å². The fourth-order valence-corrected chi connectivity index (χ4v) is 7.00. The number of nitrogens with zero attached hydrogens (tertiary/aromatic N) is 3. The maximum atomic E-state index is 9.89. The normalized spacial score (nSPS) is 18.0. The van der Waals surface area contributed by atoms with E-state index in [9.17, 15) is 5.26 Å². The zero-order valence-electron chi connectivity index (χ0n) is 26.7. The highest BCUT2D eigenvalue weighted by Gasteiger charge is 2.44. The van der Waals surface area contributed by atoms with Gasteiger partial charge in [-0.3, -0.25) is 0 Å². The Labute approximate surface area is 257 Å². The highest BCUT2D eigenvalue weighted by molar-refractivity contribution is 6.07. The van der Waals surface area contributed by atoms with Gasteiger partial charge in [0, 0.05) is 41.6 Å². The maximum Gasteiger partial charge on any atom is 0.210 e. The SMILES string of the molecule is CC.CN1/C(=C/C=C/C(C#N)=C/C=C/C2=[N+](C)c3ccc4ccccc4c3C2(C)C)C(C)(C)c2c1ccc1ccccc21. The zero-order valence-corrected chi connectivity index (χ0v) is 26.7. The monoisotopic (exact) mass is 564 g/mol. The van der Waals surface area contributed by atoms with Crippen LogP contribution >= 0.6 is 0 Å². The van der Waals surface area contributed by atoms with Crippen LogP contribution in [-0.4, -0.2) is 24.4 Å². The van der Waals surface area contributed by atoms with Crippen LogP contribution < -0.4 is 4.90 Å². The summed E-state index contributed by atoms with van der Waals surface area (Å²) >= 11 is 0.